The monoisotopic (exact) mass is 343 g/mol. The average Bonchev–Trinajstić information content (AvgIpc) is 2.35. The number of thiocarbonyl (C=S) groups is 1. The molecule has 0 spiro atoms. The van der Waals surface area contributed by atoms with Crippen molar-refractivity contribution in [3.8, 4) is 5.75 Å². The largest absolute Gasteiger partial charge is 0.487 e. The highest BCUT2D eigenvalue weighted by molar-refractivity contribution is 7.90. The van der Waals surface area contributed by atoms with Crippen LogP contribution < -0.4 is 19.9 Å². The van der Waals surface area contributed by atoms with Crippen LogP contribution in [0.25, 0.3) is 0 Å². The summed E-state index contributed by atoms with van der Waals surface area (Å²) in [6, 6.07) is 5.48. The average molecular weight is 343 g/mol. The molecule has 118 valence electrons. The number of anilines is 1. The van der Waals surface area contributed by atoms with Gasteiger partial charge in [0.2, 0.25) is 0 Å². The fourth-order valence-electron chi connectivity index (χ4n) is 1.14. The lowest BCUT2D eigenvalue weighted by Crippen LogP contribution is -2.37. The zero-order chi connectivity index (χ0) is 16.1. The summed E-state index contributed by atoms with van der Waals surface area (Å²) in [6.07, 6.45) is -4.63. The number of benzene rings is 1. The van der Waals surface area contributed by atoms with E-state index < -0.39 is 22.9 Å². The highest BCUT2D eigenvalue weighted by Crippen LogP contribution is 2.17. The van der Waals surface area contributed by atoms with Crippen LogP contribution in [0.5, 0.6) is 5.75 Å². The van der Waals surface area contributed by atoms with E-state index >= 15 is 0 Å². The Morgan fingerprint density at radius 3 is 2.33 bits per heavy atom. The van der Waals surface area contributed by atoms with E-state index in [0.717, 1.165) is 0 Å². The number of halogens is 3. The van der Waals surface area contributed by atoms with Gasteiger partial charge in [-0.2, -0.15) is 26.3 Å². The van der Waals surface area contributed by atoms with E-state index in [1.54, 1.807) is 0 Å². The van der Waals surface area contributed by atoms with E-state index in [4.69, 9.17) is 10.5 Å². The molecule has 0 bridgehead atoms. The third-order valence-corrected chi connectivity index (χ3v) is 3.10. The van der Waals surface area contributed by atoms with Crippen molar-refractivity contribution in [3.05, 3.63) is 24.3 Å². The van der Waals surface area contributed by atoms with Gasteiger partial charge < -0.3 is 10.5 Å². The molecule has 0 atom stereocenters. The maximum atomic E-state index is 11.9. The molecule has 0 aromatic heterocycles. The van der Waals surface area contributed by atoms with E-state index in [0.29, 0.717) is 5.75 Å². The Bertz CT molecular complexity index is 588. The van der Waals surface area contributed by atoms with Crippen molar-refractivity contribution in [2.45, 2.75) is 6.18 Å². The number of nitrogens with two attached hydrogens (primary N) is 1. The predicted octanol–water partition coefficient (Wildman–Crippen LogP) is 1.16. The lowest BCUT2D eigenvalue weighted by Gasteiger charge is -2.11. The lowest BCUT2D eigenvalue weighted by atomic mass is 10.3. The summed E-state index contributed by atoms with van der Waals surface area (Å²) in [5.41, 5.74) is 5.31. The predicted molar refractivity (Wildman–Crippen MR) is 75.3 cm³/mol. The molecule has 0 fully saturated rings. The van der Waals surface area contributed by atoms with Crippen LogP contribution in [0.3, 0.4) is 0 Å². The minimum Gasteiger partial charge on any atom is -0.487 e. The summed E-state index contributed by atoms with van der Waals surface area (Å²) >= 11 is 4.61. The SMILES string of the molecule is NC(=S)COc1ccc(NS(=O)(=O)NCC(F)(F)F)cc1. The van der Waals surface area contributed by atoms with E-state index in [1.165, 1.54) is 29.0 Å². The maximum absolute atomic E-state index is 11.9. The first kappa shape index (κ1) is 17.5. The van der Waals surface area contributed by atoms with E-state index in [9.17, 15) is 21.6 Å². The van der Waals surface area contributed by atoms with E-state index in [1.807, 2.05) is 4.72 Å². The van der Waals surface area contributed by atoms with Gasteiger partial charge in [-0.05, 0) is 24.3 Å². The zero-order valence-corrected chi connectivity index (χ0v) is 12.1. The number of hydrogen-bond donors (Lipinski definition) is 3. The Morgan fingerprint density at radius 2 is 1.86 bits per heavy atom. The lowest BCUT2D eigenvalue weighted by molar-refractivity contribution is -0.121. The van der Waals surface area contributed by atoms with Crippen LogP contribution in [-0.4, -0.2) is 32.7 Å². The molecule has 0 amide bonds. The van der Waals surface area contributed by atoms with Crippen molar-refractivity contribution in [2.24, 2.45) is 5.73 Å². The first-order valence-corrected chi connectivity index (χ1v) is 7.32. The fourth-order valence-corrected chi connectivity index (χ4v) is 2.07. The van der Waals surface area contributed by atoms with Crippen LogP contribution in [0.2, 0.25) is 0 Å². The minimum atomic E-state index is -4.63. The highest BCUT2D eigenvalue weighted by Gasteiger charge is 2.29. The van der Waals surface area contributed by atoms with E-state index in [-0.39, 0.29) is 17.3 Å². The molecule has 1 rings (SSSR count). The normalized spacial score (nSPS) is 12.0. The van der Waals surface area contributed by atoms with Gasteiger partial charge in [-0.25, -0.2) is 0 Å². The molecule has 21 heavy (non-hydrogen) atoms. The van der Waals surface area contributed by atoms with E-state index in [2.05, 4.69) is 12.2 Å². The molecule has 0 unspecified atom stereocenters. The topological polar surface area (TPSA) is 93.4 Å². The summed E-state index contributed by atoms with van der Waals surface area (Å²) < 4.78 is 67.0. The molecule has 0 aliphatic carbocycles. The maximum Gasteiger partial charge on any atom is 0.402 e. The van der Waals surface area contributed by atoms with Gasteiger partial charge >= 0.3 is 6.18 Å². The first-order valence-electron chi connectivity index (χ1n) is 5.43. The third-order valence-electron chi connectivity index (χ3n) is 1.95. The molecule has 4 N–H and O–H groups in total. The molecule has 0 saturated carbocycles. The molecule has 0 heterocycles. The van der Waals surface area contributed by atoms with Crippen molar-refractivity contribution in [2.75, 3.05) is 17.9 Å². The molecule has 11 heteroatoms. The summed E-state index contributed by atoms with van der Waals surface area (Å²) in [7, 11) is -4.31. The highest BCUT2D eigenvalue weighted by atomic mass is 32.2. The summed E-state index contributed by atoms with van der Waals surface area (Å²) in [4.78, 5) is 0.149. The van der Waals surface area contributed by atoms with Crippen LogP contribution >= 0.6 is 12.2 Å². The molecule has 0 aliphatic heterocycles. The quantitative estimate of drug-likeness (QED) is 0.646. The fraction of sp³-hybridized carbons (Fsp3) is 0.300. The number of nitrogens with one attached hydrogen (secondary N) is 2. The number of ether oxygens (including phenoxy) is 1. The van der Waals surface area contributed by atoms with Gasteiger partial charge in [0, 0.05) is 5.69 Å². The molecule has 0 aliphatic rings. The van der Waals surface area contributed by atoms with Gasteiger partial charge in [0.05, 0.1) is 0 Å². The van der Waals surface area contributed by atoms with Gasteiger partial charge in [-0.15, -0.1) is 0 Å². The summed E-state index contributed by atoms with van der Waals surface area (Å²) in [6.45, 7) is -1.63. The number of hydrogen-bond acceptors (Lipinski definition) is 4. The second-order valence-corrected chi connectivity index (χ2v) is 5.85. The van der Waals surface area contributed by atoms with Crippen molar-refractivity contribution >= 4 is 33.1 Å². The Morgan fingerprint density at radius 1 is 1.29 bits per heavy atom. The van der Waals surface area contributed by atoms with Gasteiger partial charge in [0.25, 0.3) is 10.2 Å². The molecule has 1 aromatic rings. The van der Waals surface area contributed by atoms with Crippen LogP contribution in [0.1, 0.15) is 0 Å². The number of rotatable bonds is 7. The second kappa shape index (κ2) is 6.91. The van der Waals surface area contributed by atoms with Gasteiger partial charge in [-0.1, -0.05) is 12.2 Å². The third kappa shape index (κ3) is 7.68. The summed E-state index contributed by atoms with van der Waals surface area (Å²) in [5.74, 6) is 0.383. The smallest absolute Gasteiger partial charge is 0.402 e. The zero-order valence-electron chi connectivity index (χ0n) is 10.5. The van der Waals surface area contributed by atoms with Crippen LogP contribution in [-0.2, 0) is 10.2 Å². The Labute approximate surface area is 124 Å². The number of alkyl halides is 3. The van der Waals surface area contributed by atoms with Crippen LogP contribution in [0, 0.1) is 0 Å². The van der Waals surface area contributed by atoms with Crippen LogP contribution in [0.4, 0.5) is 18.9 Å². The first-order chi connectivity index (χ1) is 9.57. The van der Waals surface area contributed by atoms with Crippen molar-refractivity contribution in [1.29, 1.82) is 0 Å². The van der Waals surface area contributed by atoms with Gasteiger partial charge in [0.15, 0.2) is 0 Å². The van der Waals surface area contributed by atoms with Gasteiger partial charge in [0.1, 0.15) is 23.9 Å². The molecule has 0 saturated heterocycles. The molecule has 1 aromatic carbocycles. The Balaban J connectivity index is 2.60. The molecular formula is C10H12F3N3O3S2. The minimum absolute atomic E-state index is 0.0214. The standard InChI is InChI=1S/C10H12F3N3O3S2/c11-10(12,13)6-15-21(17,18)16-7-1-3-8(4-2-7)19-5-9(14)20/h1-4,15-16H,5-6H2,(H2,14,20). The molecular weight excluding hydrogens is 331 g/mol. The Kier molecular flexibility index (Phi) is 5.75. The second-order valence-electron chi connectivity index (χ2n) is 3.82. The molecule has 6 nitrogen and oxygen atoms in total. The van der Waals surface area contributed by atoms with Crippen LogP contribution in [0.15, 0.2) is 24.3 Å². The van der Waals surface area contributed by atoms with Gasteiger partial charge in [-0.3, -0.25) is 4.72 Å². The Hall–Kier alpha value is -1.59. The van der Waals surface area contributed by atoms with Crippen molar-refractivity contribution in [3.63, 3.8) is 0 Å². The molecule has 0 radical (unpaired) electrons. The van der Waals surface area contributed by atoms with Crippen molar-refractivity contribution in [1.82, 2.24) is 4.72 Å². The summed E-state index contributed by atoms with van der Waals surface area (Å²) in [5, 5.41) is 0. The van der Waals surface area contributed by atoms with Crippen molar-refractivity contribution < 1.29 is 26.3 Å².